The van der Waals surface area contributed by atoms with Gasteiger partial charge in [0.1, 0.15) is 11.4 Å². The number of piperidine rings is 1. The SMILES string of the molecule is COc1ccc(CNC(=O)C2CCN(C(=O)c3cc4ccccc4n3Cc3ccc(Cl)cc3)CC2)cc1. The van der Waals surface area contributed by atoms with Gasteiger partial charge in [-0.1, -0.05) is 54.1 Å². The molecule has 0 spiro atoms. The average Bonchev–Trinajstić information content (AvgIpc) is 3.31. The number of aromatic nitrogens is 1. The van der Waals surface area contributed by atoms with Gasteiger partial charge in [-0.25, -0.2) is 0 Å². The minimum absolute atomic E-state index is 0.00209. The third kappa shape index (κ3) is 5.65. The summed E-state index contributed by atoms with van der Waals surface area (Å²) in [7, 11) is 1.63. The number of rotatable bonds is 7. The molecule has 0 bridgehead atoms. The van der Waals surface area contributed by atoms with E-state index in [1.54, 1.807) is 7.11 Å². The van der Waals surface area contributed by atoms with Crippen molar-refractivity contribution in [3.8, 4) is 5.75 Å². The molecule has 0 aliphatic carbocycles. The summed E-state index contributed by atoms with van der Waals surface area (Å²) in [6, 6.07) is 25.4. The topological polar surface area (TPSA) is 63.6 Å². The molecule has 37 heavy (non-hydrogen) atoms. The second-order valence-corrected chi connectivity index (χ2v) is 9.87. The van der Waals surface area contributed by atoms with E-state index in [2.05, 4.69) is 9.88 Å². The van der Waals surface area contributed by atoms with E-state index in [0.717, 1.165) is 27.8 Å². The molecule has 1 fully saturated rings. The van der Waals surface area contributed by atoms with E-state index in [-0.39, 0.29) is 17.7 Å². The molecule has 3 aromatic carbocycles. The molecule has 0 unspecified atom stereocenters. The number of hydrogen-bond donors (Lipinski definition) is 1. The molecule has 0 radical (unpaired) electrons. The summed E-state index contributed by atoms with van der Waals surface area (Å²) in [5.41, 5.74) is 3.79. The fraction of sp³-hybridized carbons (Fsp3) is 0.267. The fourth-order valence-electron chi connectivity index (χ4n) is 4.91. The Bertz CT molecular complexity index is 1390. The largest absolute Gasteiger partial charge is 0.497 e. The summed E-state index contributed by atoms with van der Waals surface area (Å²) in [4.78, 5) is 28.3. The van der Waals surface area contributed by atoms with Gasteiger partial charge in [-0.05, 0) is 60.4 Å². The van der Waals surface area contributed by atoms with Crippen molar-refractivity contribution in [3.63, 3.8) is 0 Å². The summed E-state index contributed by atoms with van der Waals surface area (Å²) < 4.78 is 7.26. The summed E-state index contributed by atoms with van der Waals surface area (Å²) in [5.74, 6) is 0.739. The quantitative estimate of drug-likeness (QED) is 0.352. The smallest absolute Gasteiger partial charge is 0.270 e. The van der Waals surface area contributed by atoms with Crippen LogP contribution in [0.1, 0.15) is 34.5 Å². The third-order valence-corrected chi connectivity index (χ3v) is 7.31. The highest BCUT2D eigenvalue weighted by molar-refractivity contribution is 6.30. The molecular weight excluding hydrogens is 486 g/mol. The van der Waals surface area contributed by atoms with Crippen molar-refractivity contribution in [3.05, 3.63) is 101 Å². The number of hydrogen-bond acceptors (Lipinski definition) is 3. The number of ether oxygens (including phenoxy) is 1. The van der Waals surface area contributed by atoms with Gasteiger partial charge in [-0.2, -0.15) is 0 Å². The number of carbonyl (C=O) groups excluding carboxylic acids is 2. The maximum atomic E-state index is 13.6. The van der Waals surface area contributed by atoms with Crippen molar-refractivity contribution in [2.75, 3.05) is 20.2 Å². The number of carbonyl (C=O) groups is 2. The van der Waals surface area contributed by atoms with Crippen LogP contribution in [0.5, 0.6) is 5.75 Å². The van der Waals surface area contributed by atoms with Crippen LogP contribution in [0.4, 0.5) is 0 Å². The van der Waals surface area contributed by atoms with Gasteiger partial charge in [0, 0.05) is 48.0 Å². The summed E-state index contributed by atoms with van der Waals surface area (Å²) in [6.07, 6.45) is 1.30. The number of nitrogens with one attached hydrogen (secondary N) is 1. The van der Waals surface area contributed by atoms with Crippen molar-refractivity contribution in [1.29, 1.82) is 0 Å². The van der Waals surface area contributed by atoms with Gasteiger partial charge in [0.15, 0.2) is 0 Å². The summed E-state index contributed by atoms with van der Waals surface area (Å²) in [6.45, 7) is 2.17. The Morgan fingerprint density at radius 3 is 2.32 bits per heavy atom. The molecule has 0 atom stereocenters. The molecule has 1 aliphatic rings. The zero-order chi connectivity index (χ0) is 25.8. The van der Waals surface area contributed by atoms with E-state index in [0.29, 0.717) is 49.7 Å². The van der Waals surface area contributed by atoms with Gasteiger partial charge >= 0.3 is 0 Å². The minimum atomic E-state index is -0.0952. The van der Waals surface area contributed by atoms with Gasteiger partial charge in [-0.15, -0.1) is 0 Å². The molecule has 1 saturated heterocycles. The number of nitrogens with zero attached hydrogens (tertiary/aromatic N) is 2. The lowest BCUT2D eigenvalue weighted by Crippen LogP contribution is -2.43. The Morgan fingerprint density at radius 1 is 0.946 bits per heavy atom. The van der Waals surface area contributed by atoms with E-state index in [1.165, 1.54) is 0 Å². The Balaban J connectivity index is 1.24. The molecule has 6 nitrogen and oxygen atoms in total. The number of halogens is 1. The van der Waals surface area contributed by atoms with E-state index in [1.807, 2.05) is 83.8 Å². The highest BCUT2D eigenvalue weighted by Crippen LogP contribution is 2.25. The normalized spacial score (nSPS) is 14.1. The first-order valence-electron chi connectivity index (χ1n) is 12.5. The van der Waals surface area contributed by atoms with Gasteiger partial charge in [0.2, 0.25) is 5.91 Å². The lowest BCUT2D eigenvalue weighted by Gasteiger charge is -2.31. The Labute approximate surface area is 221 Å². The lowest BCUT2D eigenvalue weighted by atomic mass is 9.95. The maximum absolute atomic E-state index is 13.6. The van der Waals surface area contributed by atoms with Crippen LogP contribution < -0.4 is 10.1 Å². The number of fused-ring (bicyclic) bond motifs is 1. The van der Waals surface area contributed by atoms with Gasteiger partial charge in [0.25, 0.3) is 5.91 Å². The Hall–Kier alpha value is -3.77. The summed E-state index contributed by atoms with van der Waals surface area (Å²) >= 11 is 6.07. The maximum Gasteiger partial charge on any atom is 0.270 e. The molecule has 2 heterocycles. The first kappa shape index (κ1) is 24.9. The predicted molar refractivity (Wildman–Crippen MR) is 146 cm³/mol. The minimum Gasteiger partial charge on any atom is -0.497 e. The molecular formula is C30H30ClN3O3. The molecule has 1 aliphatic heterocycles. The monoisotopic (exact) mass is 515 g/mol. The number of para-hydroxylation sites is 1. The molecule has 2 amide bonds. The van der Waals surface area contributed by atoms with Crippen molar-refractivity contribution < 1.29 is 14.3 Å². The molecule has 5 rings (SSSR count). The lowest BCUT2D eigenvalue weighted by molar-refractivity contribution is -0.126. The van der Waals surface area contributed by atoms with Crippen LogP contribution in [0.2, 0.25) is 5.02 Å². The molecule has 7 heteroatoms. The van der Waals surface area contributed by atoms with Crippen LogP contribution in [0, 0.1) is 5.92 Å². The van der Waals surface area contributed by atoms with Crippen LogP contribution in [-0.4, -0.2) is 41.5 Å². The Kier molecular flexibility index (Phi) is 7.47. The second kappa shape index (κ2) is 11.1. The zero-order valence-corrected chi connectivity index (χ0v) is 21.6. The van der Waals surface area contributed by atoms with Crippen LogP contribution >= 0.6 is 11.6 Å². The van der Waals surface area contributed by atoms with E-state index < -0.39 is 0 Å². The van der Waals surface area contributed by atoms with Crippen LogP contribution in [-0.2, 0) is 17.9 Å². The van der Waals surface area contributed by atoms with Gasteiger partial charge in [-0.3, -0.25) is 9.59 Å². The fourth-order valence-corrected chi connectivity index (χ4v) is 5.04. The van der Waals surface area contributed by atoms with E-state index in [9.17, 15) is 9.59 Å². The predicted octanol–water partition coefficient (Wildman–Crippen LogP) is 5.52. The molecule has 190 valence electrons. The zero-order valence-electron chi connectivity index (χ0n) is 20.8. The van der Waals surface area contributed by atoms with Crippen molar-refractivity contribution in [1.82, 2.24) is 14.8 Å². The van der Waals surface area contributed by atoms with E-state index in [4.69, 9.17) is 16.3 Å². The van der Waals surface area contributed by atoms with Crippen LogP contribution in [0.15, 0.2) is 78.9 Å². The summed E-state index contributed by atoms with van der Waals surface area (Å²) in [5, 5.41) is 4.77. The highest BCUT2D eigenvalue weighted by atomic mass is 35.5. The average molecular weight is 516 g/mol. The molecule has 0 saturated carbocycles. The van der Waals surface area contributed by atoms with E-state index >= 15 is 0 Å². The first-order valence-corrected chi connectivity index (χ1v) is 12.9. The number of amides is 2. The molecule has 1 aromatic heterocycles. The van der Waals surface area contributed by atoms with Crippen molar-refractivity contribution in [2.24, 2.45) is 5.92 Å². The molecule has 1 N–H and O–H groups in total. The van der Waals surface area contributed by atoms with Crippen molar-refractivity contribution in [2.45, 2.75) is 25.9 Å². The van der Waals surface area contributed by atoms with Crippen molar-refractivity contribution >= 4 is 34.3 Å². The number of likely N-dealkylation sites (tertiary alicyclic amines) is 1. The van der Waals surface area contributed by atoms with Gasteiger partial charge < -0.3 is 19.5 Å². The highest BCUT2D eigenvalue weighted by Gasteiger charge is 2.29. The number of benzene rings is 3. The standard InChI is InChI=1S/C30H30ClN3O3/c1-37-26-12-8-21(9-13-26)19-32-29(35)23-14-16-33(17-15-23)30(36)28-18-24-4-2-3-5-27(24)34(28)20-22-6-10-25(31)11-7-22/h2-13,18,23H,14-17,19-20H2,1H3,(H,32,35). The molecule has 4 aromatic rings. The second-order valence-electron chi connectivity index (χ2n) is 9.43. The first-order chi connectivity index (χ1) is 18.0. The third-order valence-electron chi connectivity index (χ3n) is 7.06. The van der Waals surface area contributed by atoms with Crippen LogP contribution in [0.25, 0.3) is 10.9 Å². The van der Waals surface area contributed by atoms with Crippen LogP contribution in [0.3, 0.4) is 0 Å². The Morgan fingerprint density at radius 2 is 1.62 bits per heavy atom. The number of methoxy groups -OCH3 is 1. The van der Waals surface area contributed by atoms with Gasteiger partial charge in [0.05, 0.1) is 7.11 Å².